The van der Waals surface area contributed by atoms with Gasteiger partial charge in [0.2, 0.25) is 6.79 Å². The Bertz CT molecular complexity index is 1040. The molecule has 5 rings (SSSR count). The fourth-order valence-electron chi connectivity index (χ4n) is 4.20. The van der Waals surface area contributed by atoms with Crippen molar-refractivity contribution in [2.45, 2.75) is 65.7 Å². The summed E-state index contributed by atoms with van der Waals surface area (Å²) in [5.74, 6) is 2.64. The average molecular weight is 452 g/mol. The van der Waals surface area contributed by atoms with Crippen molar-refractivity contribution in [3.63, 3.8) is 0 Å². The number of benzene rings is 2. The zero-order valence-electron chi connectivity index (χ0n) is 19.4. The Hall–Kier alpha value is -2.53. The summed E-state index contributed by atoms with van der Waals surface area (Å²) in [7, 11) is 0. The Kier molecular flexibility index (Phi) is 7.69. The number of aromatic nitrogens is 1. The molecule has 32 heavy (non-hydrogen) atoms. The van der Waals surface area contributed by atoms with Crippen LogP contribution in [0.2, 0.25) is 0 Å². The maximum atomic E-state index is 6.01. The van der Waals surface area contributed by atoms with Crippen LogP contribution >= 0.6 is 11.3 Å². The van der Waals surface area contributed by atoms with Gasteiger partial charge in [-0.3, -0.25) is 0 Å². The molecular formula is C27H33NO3S. The van der Waals surface area contributed by atoms with Gasteiger partial charge in [0.1, 0.15) is 10.8 Å². The zero-order chi connectivity index (χ0) is 22.3. The highest BCUT2D eigenvalue weighted by molar-refractivity contribution is 7.15. The van der Waals surface area contributed by atoms with E-state index < -0.39 is 0 Å². The molecular weight excluding hydrogens is 418 g/mol. The molecule has 2 aromatic carbocycles. The van der Waals surface area contributed by atoms with Crippen LogP contribution in [0.5, 0.6) is 17.2 Å². The number of aryl methyl sites for hydroxylation is 4. The van der Waals surface area contributed by atoms with Crippen LogP contribution in [-0.4, -0.2) is 18.4 Å². The molecule has 0 saturated carbocycles. The van der Waals surface area contributed by atoms with Gasteiger partial charge in [0.15, 0.2) is 11.5 Å². The number of unbranched alkanes of at least 4 members (excludes halogenated alkanes) is 1. The maximum absolute atomic E-state index is 6.01. The summed E-state index contributed by atoms with van der Waals surface area (Å²) in [5.41, 5.74) is 5.27. The van der Waals surface area contributed by atoms with Crippen molar-refractivity contribution in [2.24, 2.45) is 0 Å². The average Bonchev–Trinajstić information content (AvgIpc) is 3.46. The molecule has 2 aliphatic rings. The molecule has 1 aliphatic heterocycles. The Morgan fingerprint density at radius 3 is 2.62 bits per heavy atom. The number of rotatable bonds is 7. The van der Waals surface area contributed by atoms with E-state index in [1.165, 1.54) is 47.4 Å². The second-order valence-electron chi connectivity index (χ2n) is 8.03. The smallest absolute Gasteiger partial charge is 0.231 e. The van der Waals surface area contributed by atoms with E-state index in [0.29, 0.717) is 6.79 Å². The summed E-state index contributed by atoms with van der Waals surface area (Å²) in [6, 6.07) is 12.7. The Labute approximate surface area is 195 Å². The summed E-state index contributed by atoms with van der Waals surface area (Å²) >= 11 is 1.75. The van der Waals surface area contributed by atoms with E-state index in [0.717, 1.165) is 53.7 Å². The van der Waals surface area contributed by atoms with Crippen LogP contribution in [0.15, 0.2) is 36.4 Å². The number of hydrogen-bond donors (Lipinski definition) is 0. The molecule has 0 saturated heterocycles. The molecule has 170 valence electrons. The molecule has 0 radical (unpaired) electrons. The first kappa shape index (κ1) is 22.7. The predicted molar refractivity (Wildman–Crippen MR) is 131 cm³/mol. The number of nitrogens with zero attached hydrogens (tertiary/aromatic N) is 1. The molecule has 0 amide bonds. The van der Waals surface area contributed by atoms with Crippen LogP contribution in [0.3, 0.4) is 0 Å². The minimum absolute atomic E-state index is 0.300. The zero-order valence-corrected chi connectivity index (χ0v) is 20.2. The predicted octanol–water partition coefficient (Wildman–Crippen LogP) is 7.15. The quantitative estimate of drug-likeness (QED) is 0.358. The first-order valence-corrected chi connectivity index (χ1v) is 12.7. The molecule has 0 unspecified atom stereocenters. The minimum atomic E-state index is 0.300. The van der Waals surface area contributed by atoms with E-state index in [1.54, 1.807) is 11.3 Å². The molecule has 0 bridgehead atoms. The van der Waals surface area contributed by atoms with Crippen molar-refractivity contribution in [3.05, 3.63) is 58.1 Å². The summed E-state index contributed by atoms with van der Waals surface area (Å²) in [6.45, 7) is 7.22. The van der Waals surface area contributed by atoms with E-state index in [1.807, 2.05) is 26.0 Å². The summed E-state index contributed by atoms with van der Waals surface area (Å²) in [4.78, 5) is 6.18. The summed E-state index contributed by atoms with van der Waals surface area (Å²) < 4.78 is 16.9. The molecule has 0 N–H and O–H groups in total. The van der Waals surface area contributed by atoms with Crippen molar-refractivity contribution in [1.29, 1.82) is 0 Å². The van der Waals surface area contributed by atoms with Crippen LogP contribution in [0.4, 0.5) is 0 Å². The molecule has 0 fully saturated rings. The van der Waals surface area contributed by atoms with Gasteiger partial charge in [0, 0.05) is 10.4 Å². The first-order valence-electron chi connectivity index (χ1n) is 11.9. The third kappa shape index (κ3) is 5.26. The Morgan fingerprint density at radius 2 is 1.75 bits per heavy atom. The highest BCUT2D eigenvalue weighted by atomic mass is 32.1. The van der Waals surface area contributed by atoms with Gasteiger partial charge in [-0.2, -0.15) is 0 Å². The summed E-state index contributed by atoms with van der Waals surface area (Å²) in [6.07, 6.45) is 8.14. The molecule has 2 heterocycles. The maximum Gasteiger partial charge on any atom is 0.231 e. The van der Waals surface area contributed by atoms with Crippen molar-refractivity contribution in [2.75, 3.05) is 13.4 Å². The van der Waals surface area contributed by atoms with Gasteiger partial charge in [-0.05, 0) is 93.3 Å². The van der Waals surface area contributed by atoms with Crippen LogP contribution in [0.25, 0.3) is 10.6 Å². The molecule has 4 nitrogen and oxygen atoms in total. The van der Waals surface area contributed by atoms with Crippen LogP contribution in [0.1, 0.15) is 61.2 Å². The second kappa shape index (κ2) is 10.9. The Morgan fingerprint density at radius 1 is 0.938 bits per heavy atom. The SMILES string of the molecule is CC.Cc1sc(-c2ccc3c(c2)OCO3)nc1CCCCOc1ccc2c(c1)CCCC2. The van der Waals surface area contributed by atoms with Gasteiger partial charge in [-0.15, -0.1) is 11.3 Å². The van der Waals surface area contributed by atoms with Gasteiger partial charge in [-0.25, -0.2) is 4.98 Å². The van der Waals surface area contributed by atoms with E-state index >= 15 is 0 Å². The molecule has 1 aromatic heterocycles. The van der Waals surface area contributed by atoms with Gasteiger partial charge in [0.25, 0.3) is 0 Å². The molecule has 0 spiro atoms. The largest absolute Gasteiger partial charge is 0.494 e. The number of ether oxygens (including phenoxy) is 3. The third-order valence-electron chi connectivity index (χ3n) is 5.91. The van der Waals surface area contributed by atoms with Gasteiger partial charge in [-0.1, -0.05) is 19.9 Å². The van der Waals surface area contributed by atoms with Crippen molar-refractivity contribution in [1.82, 2.24) is 4.98 Å². The highest BCUT2D eigenvalue weighted by Crippen LogP contribution is 2.37. The van der Waals surface area contributed by atoms with Crippen molar-refractivity contribution in [3.8, 4) is 27.8 Å². The molecule has 1 aliphatic carbocycles. The van der Waals surface area contributed by atoms with E-state index in [-0.39, 0.29) is 0 Å². The van der Waals surface area contributed by atoms with Crippen LogP contribution < -0.4 is 14.2 Å². The fraction of sp³-hybridized carbons (Fsp3) is 0.444. The monoisotopic (exact) mass is 451 g/mol. The normalized spacial score (nSPS) is 13.8. The van der Waals surface area contributed by atoms with Crippen LogP contribution in [-0.2, 0) is 19.3 Å². The molecule has 0 atom stereocenters. The molecule has 5 heteroatoms. The lowest BCUT2D eigenvalue weighted by Gasteiger charge is -2.16. The standard InChI is InChI=1S/C25H27NO3S.C2H6/c1-17-22(26-25(30-17)20-10-12-23-24(15-20)29-16-28-23)8-4-5-13-27-21-11-9-18-6-2-3-7-19(18)14-21;1-2/h9-12,14-15H,2-8,13,16H2,1H3;1-2H3. The van der Waals surface area contributed by atoms with E-state index in [9.17, 15) is 0 Å². The fourth-order valence-corrected chi connectivity index (χ4v) is 5.15. The van der Waals surface area contributed by atoms with Gasteiger partial charge < -0.3 is 14.2 Å². The number of hydrogen-bond acceptors (Lipinski definition) is 5. The van der Waals surface area contributed by atoms with Gasteiger partial charge in [0.05, 0.1) is 12.3 Å². The molecule has 3 aromatic rings. The lowest BCUT2D eigenvalue weighted by atomic mass is 9.92. The lowest BCUT2D eigenvalue weighted by Crippen LogP contribution is -2.04. The second-order valence-corrected chi connectivity index (χ2v) is 9.24. The Balaban J connectivity index is 0.00000119. The van der Waals surface area contributed by atoms with Gasteiger partial charge >= 0.3 is 0 Å². The highest BCUT2D eigenvalue weighted by Gasteiger charge is 2.16. The van der Waals surface area contributed by atoms with E-state index in [2.05, 4.69) is 31.2 Å². The third-order valence-corrected chi connectivity index (χ3v) is 6.97. The van der Waals surface area contributed by atoms with Crippen LogP contribution in [0, 0.1) is 6.92 Å². The lowest BCUT2D eigenvalue weighted by molar-refractivity contribution is 0.174. The number of fused-ring (bicyclic) bond motifs is 2. The van der Waals surface area contributed by atoms with E-state index in [4.69, 9.17) is 19.2 Å². The number of thiazole rings is 1. The minimum Gasteiger partial charge on any atom is -0.494 e. The first-order chi connectivity index (χ1) is 15.8. The van der Waals surface area contributed by atoms with Crippen molar-refractivity contribution < 1.29 is 14.2 Å². The summed E-state index contributed by atoms with van der Waals surface area (Å²) in [5, 5.41) is 1.05. The topological polar surface area (TPSA) is 40.6 Å². The van der Waals surface area contributed by atoms with Crippen molar-refractivity contribution >= 4 is 11.3 Å².